The minimum Gasteiger partial charge on any atom is -0.480 e. The van der Waals surface area contributed by atoms with Crippen molar-refractivity contribution in [2.75, 3.05) is 5.75 Å². The Kier molecular flexibility index (Phi) is 3.98. The monoisotopic (exact) mass is 396 g/mol. The quantitative estimate of drug-likeness (QED) is 0.517. The fraction of sp³-hybridized carbons (Fsp3) is 0.100. The topological polar surface area (TPSA) is 55.0 Å². The normalized spacial score (nSPS) is 16.1. The van der Waals surface area contributed by atoms with Crippen LogP contribution in [0.4, 0.5) is 4.39 Å². The van der Waals surface area contributed by atoms with Crippen molar-refractivity contribution in [3.63, 3.8) is 0 Å². The van der Waals surface area contributed by atoms with Crippen molar-refractivity contribution in [1.82, 2.24) is 9.97 Å². The van der Waals surface area contributed by atoms with Crippen molar-refractivity contribution in [3.05, 3.63) is 75.9 Å². The smallest absolute Gasteiger partial charge is 0.260 e. The van der Waals surface area contributed by atoms with Crippen molar-refractivity contribution in [2.24, 2.45) is 0 Å². The average Bonchev–Trinajstić information content (AvgIpc) is 3.13. The Hall–Kier alpha value is -2.64. The first-order valence-corrected chi connectivity index (χ1v) is 10.2. The van der Waals surface area contributed by atoms with E-state index in [1.807, 2.05) is 29.6 Å². The molecule has 134 valence electrons. The van der Waals surface area contributed by atoms with Gasteiger partial charge in [0.15, 0.2) is 11.9 Å². The summed E-state index contributed by atoms with van der Waals surface area (Å²) in [6.07, 6.45) is -0.307. The van der Waals surface area contributed by atoms with Crippen molar-refractivity contribution in [3.8, 4) is 16.9 Å². The lowest BCUT2D eigenvalue weighted by Crippen LogP contribution is -2.21. The van der Waals surface area contributed by atoms with E-state index in [0.29, 0.717) is 21.8 Å². The molecular weight excluding hydrogens is 383 g/mol. The zero-order valence-electron chi connectivity index (χ0n) is 13.9. The molecule has 0 saturated carbocycles. The van der Waals surface area contributed by atoms with Crippen LogP contribution in [0.5, 0.6) is 5.75 Å². The highest BCUT2D eigenvalue weighted by Crippen LogP contribution is 2.40. The molecule has 4 nitrogen and oxygen atoms in total. The SMILES string of the molecule is O=c1[nH]c([C@H]2CSc3ccccc3O2)nc2scc(-c3ccc(F)cc3)c12. The fourth-order valence-corrected chi connectivity index (χ4v) is 5.06. The first-order chi connectivity index (χ1) is 13.2. The van der Waals surface area contributed by atoms with Gasteiger partial charge in [0.2, 0.25) is 0 Å². The van der Waals surface area contributed by atoms with Gasteiger partial charge in [-0.25, -0.2) is 9.37 Å². The number of halogens is 1. The van der Waals surface area contributed by atoms with Crippen LogP contribution >= 0.6 is 23.1 Å². The van der Waals surface area contributed by atoms with Gasteiger partial charge >= 0.3 is 0 Å². The van der Waals surface area contributed by atoms with E-state index in [1.165, 1.54) is 23.5 Å². The molecule has 1 atom stereocenters. The van der Waals surface area contributed by atoms with Gasteiger partial charge in [-0.1, -0.05) is 24.3 Å². The predicted octanol–water partition coefficient (Wildman–Crippen LogP) is 5.02. The molecule has 0 radical (unpaired) electrons. The number of ether oxygens (including phenoxy) is 1. The number of rotatable bonds is 2. The first kappa shape index (κ1) is 16.5. The Bertz CT molecular complexity index is 1200. The lowest BCUT2D eigenvalue weighted by atomic mass is 10.1. The lowest BCUT2D eigenvalue weighted by molar-refractivity contribution is 0.210. The fourth-order valence-electron chi connectivity index (χ4n) is 3.11. The summed E-state index contributed by atoms with van der Waals surface area (Å²) in [5.74, 6) is 1.71. The summed E-state index contributed by atoms with van der Waals surface area (Å²) < 4.78 is 19.2. The molecule has 0 amide bonds. The zero-order valence-corrected chi connectivity index (χ0v) is 15.6. The molecule has 1 N–H and O–H groups in total. The number of para-hydroxylation sites is 1. The summed E-state index contributed by atoms with van der Waals surface area (Å²) in [5.41, 5.74) is 1.35. The summed E-state index contributed by atoms with van der Waals surface area (Å²) in [4.78, 5) is 22.1. The largest absolute Gasteiger partial charge is 0.480 e. The molecule has 0 unspecified atom stereocenters. The maximum atomic E-state index is 13.2. The Balaban J connectivity index is 1.55. The molecular formula is C20H13FN2O2S2. The highest BCUT2D eigenvalue weighted by Gasteiger charge is 2.25. The number of benzene rings is 2. The summed E-state index contributed by atoms with van der Waals surface area (Å²) in [6.45, 7) is 0. The number of hydrogen-bond acceptors (Lipinski definition) is 5. The number of hydrogen-bond donors (Lipinski definition) is 1. The van der Waals surface area contributed by atoms with Crippen LogP contribution < -0.4 is 10.3 Å². The number of nitrogens with zero attached hydrogens (tertiary/aromatic N) is 1. The third kappa shape index (κ3) is 2.93. The molecule has 1 aliphatic heterocycles. The van der Waals surface area contributed by atoms with E-state index < -0.39 is 0 Å². The maximum absolute atomic E-state index is 13.2. The molecule has 5 rings (SSSR count). The van der Waals surface area contributed by atoms with Crippen molar-refractivity contribution in [1.29, 1.82) is 0 Å². The number of thiophene rings is 1. The third-order valence-corrected chi connectivity index (χ3v) is 6.42. The second kappa shape index (κ2) is 6.51. The van der Waals surface area contributed by atoms with Crippen LogP contribution in [0.1, 0.15) is 11.9 Å². The Morgan fingerprint density at radius 3 is 2.81 bits per heavy atom. The number of H-pyrrole nitrogens is 1. The number of thioether (sulfide) groups is 1. The van der Waals surface area contributed by atoms with Crippen LogP contribution in [0.3, 0.4) is 0 Å². The predicted molar refractivity (Wildman–Crippen MR) is 106 cm³/mol. The van der Waals surface area contributed by atoms with Crippen LogP contribution in [-0.4, -0.2) is 15.7 Å². The maximum Gasteiger partial charge on any atom is 0.260 e. The molecule has 2 aromatic heterocycles. The Morgan fingerprint density at radius 1 is 1.15 bits per heavy atom. The van der Waals surface area contributed by atoms with Crippen LogP contribution in [0.25, 0.3) is 21.3 Å². The van der Waals surface area contributed by atoms with Gasteiger partial charge < -0.3 is 9.72 Å². The number of aromatic amines is 1. The van der Waals surface area contributed by atoms with Gasteiger partial charge in [0, 0.05) is 21.6 Å². The molecule has 1 aliphatic rings. The summed E-state index contributed by atoms with van der Waals surface area (Å²) >= 11 is 3.09. The Labute approximate surface area is 162 Å². The van der Waals surface area contributed by atoms with Gasteiger partial charge in [0.1, 0.15) is 16.4 Å². The molecule has 0 aliphatic carbocycles. The molecule has 7 heteroatoms. The second-order valence-corrected chi connectivity index (χ2v) is 8.07. The van der Waals surface area contributed by atoms with Crippen LogP contribution in [0.2, 0.25) is 0 Å². The molecule has 0 bridgehead atoms. The molecule has 0 fully saturated rings. The molecule has 3 heterocycles. The van der Waals surface area contributed by atoms with E-state index in [9.17, 15) is 9.18 Å². The van der Waals surface area contributed by atoms with Gasteiger partial charge in [-0.15, -0.1) is 23.1 Å². The number of fused-ring (bicyclic) bond motifs is 2. The zero-order chi connectivity index (χ0) is 18.4. The summed E-state index contributed by atoms with van der Waals surface area (Å²) in [7, 11) is 0. The van der Waals surface area contributed by atoms with Gasteiger partial charge in [-0.2, -0.15) is 0 Å². The van der Waals surface area contributed by atoms with E-state index in [-0.39, 0.29) is 17.5 Å². The van der Waals surface area contributed by atoms with Gasteiger partial charge in [0.25, 0.3) is 5.56 Å². The Morgan fingerprint density at radius 2 is 1.96 bits per heavy atom. The average molecular weight is 396 g/mol. The van der Waals surface area contributed by atoms with E-state index in [0.717, 1.165) is 21.8 Å². The first-order valence-electron chi connectivity index (χ1n) is 8.35. The summed E-state index contributed by atoms with van der Waals surface area (Å²) in [5, 5.41) is 2.41. The molecule has 0 saturated heterocycles. The van der Waals surface area contributed by atoms with Gasteiger partial charge in [0.05, 0.1) is 5.39 Å². The lowest BCUT2D eigenvalue weighted by Gasteiger charge is -2.24. The van der Waals surface area contributed by atoms with Crippen molar-refractivity contribution >= 4 is 33.3 Å². The highest BCUT2D eigenvalue weighted by atomic mass is 32.2. The highest BCUT2D eigenvalue weighted by molar-refractivity contribution is 7.99. The molecule has 0 spiro atoms. The van der Waals surface area contributed by atoms with Gasteiger partial charge in [-0.3, -0.25) is 4.79 Å². The molecule has 27 heavy (non-hydrogen) atoms. The van der Waals surface area contributed by atoms with E-state index in [1.54, 1.807) is 23.9 Å². The number of nitrogens with one attached hydrogen (secondary N) is 1. The number of aromatic nitrogens is 2. The van der Waals surface area contributed by atoms with E-state index in [4.69, 9.17) is 4.74 Å². The van der Waals surface area contributed by atoms with E-state index >= 15 is 0 Å². The van der Waals surface area contributed by atoms with Crippen LogP contribution in [-0.2, 0) is 0 Å². The minimum atomic E-state index is -0.307. The molecule has 2 aromatic carbocycles. The van der Waals surface area contributed by atoms with Crippen LogP contribution in [0, 0.1) is 5.82 Å². The van der Waals surface area contributed by atoms with E-state index in [2.05, 4.69) is 9.97 Å². The minimum absolute atomic E-state index is 0.206. The van der Waals surface area contributed by atoms with Crippen LogP contribution in [0.15, 0.2) is 63.6 Å². The summed E-state index contributed by atoms with van der Waals surface area (Å²) in [6, 6.07) is 14.0. The molecule has 4 aromatic rings. The second-order valence-electron chi connectivity index (χ2n) is 6.15. The van der Waals surface area contributed by atoms with Crippen molar-refractivity contribution < 1.29 is 9.13 Å². The standard InChI is InChI=1S/C20H13FN2O2S2/c21-12-7-5-11(6-8-12)13-9-27-20-17(13)19(24)22-18(23-20)15-10-26-16-4-2-1-3-14(16)25-15/h1-9,15H,10H2,(H,22,23,24)/t15-/m1/s1. The third-order valence-electron chi connectivity index (χ3n) is 4.43. The van der Waals surface area contributed by atoms with Gasteiger partial charge in [-0.05, 0) is 29.8 Å². The van der Waals surface area contributed by atoms with Crippen molar-refractivity contribution in [2.45, 2.75) is 11.0 Å².